The standard InChI is InChI=1S/C18H22F3NO6/c1-9(2)11-6-5-7-12(10(3)4)14(11)27-17(25)26-8-13(22)15(23)28-16(24)18(19,20)21/h5-7,9-10,13H,8,22H2,1-4H3/t13-/m0/s1. The summed E-state index contributed by atoms with van der Waals surface area (Å²) in [5, 5.41) is 0. The van der Waals surface area contributed by atoms with Gasteiger partial charge in [0.25, 0.3) is 0 Å². The summed E-state index contributed by atoms with van der Waals surface area (Å²) in [7, 11) is 0. The molecule has 0 aliphatic heterocycles. The van der Waals surface area contributed by atoms with E-state index in [2.05, 4.69) is 9.47 Å². The highest BCUT2D eigenvalue weighted by Crippen LogP contribution is 2.34. The van der Waals surface area contributed by atoms with Crippen molar-refractivity contribution in [3.05, 3.63) is 29.3 Å². The first-order valence-corrected chi connectivity index (χ1v) is 8.40. The maximum atomic E-state index is 12.1. The van der Waals surface area contributed by atoms with Crippen LogP contribution in [0.4, 0.5) is 18.0 Å². The molecule has 1 aromatic carbocycles. The Morgan fingerprint density at radius 2 is 1.54 bits per heavy atom. The number of hydrogen-bond donors (Lipinski definition) is 1. The molecule has 0 fully saturated rings. The highest BCUT2D eigenvalue weighted by atomic mass is 19.4. The molecule has 10 heteroatoms. The molecule has 156 valence electrons. The van der Waals surface area contributed by atoms with Crippen LogP contribution in [0.2, 0.25) is 0 Å². The lowest BCUT2D eigenvalue weighted by Gasteiger charge is -2.19. The molecule has 0 aliphatic carbocycles. The fourth-order valence-corrected chi connectivity index (χ4v) is 2.16. The minimum Gasteiger partial charge on any atom is -0.432 e. The second-order valence-electron chi connectivity index (χ2n) is 6.55. The molecular weight excluding hydrogens is 383 g/mol. The number of rotatable bonds is 6. The van der Waals surface area contributed by atoms with E-state index < -0.39 is 36.9 Å². The monoisotopic (exact) mass is 405 g/mol. The van der Waals surface area contributed by atoms with Crippen LogP contribution < -0.4 is 10.5 Å². The third kappa shape index (κ3) is 6.52. The second-order valence-corrected chi connectivity index (χ2v) is 6.55. The van der Waals surface area contributed by atoms with E-state index in [0.717, 1.165) is 11.1 Å². The number of hydrogen-bond acceptors (Lipinski definition) is 7. The summed E-state index contributed by atoms with van der Waals surface area (Å²) in [5.41, 5.74) is 6.78. The Balaban J connectivity index is 2.76. The van der Waals surface area contributed by atoms with Gasteiger partial charge in [0.05, 0.1) is 0 Å². The van der Waals surface area contributed by atoms with Crippen LogP contribution in [0.25, 0.3) is 0 Å². The number of ether oxygens (including phenoxy) is 3. The number of para-hydroxylation sites is 1. The normalized spacial score (nSPS) is 12.6. The summed E-state index contributed by atoms with van der Waals surface area (Å²) in [5.74, 6) is -4.01. The number of esters is 2. The molecule has 0 spiro atoms. The molecular formula is C18H22F3NO6. The number of carbonyl (C=O) groups is 3. The Morgan fingerprint density at radius 1 is 1.04 bits per heavy atom. The van der Waals surface area contributed by atoms with E-state index in [1.807, 2.05) is 33.8 Å². The van der Waals surface area contributed by atoms with Crippen molar-refractivity contribution >= 4 is 18.1 Å². The Kier molecular flexibility index (Phi) is 7.98. The van der Waals surface area contributed by atoms with Crippen LogP contribution in [0.15, 0.2) is 18.2 Å². The number of carbonyl (C=O) groups excluding carboxylic acids is 3. The van der Waals surface area contributed by atoms with Crippen LogP contribution in [0.3, 0.4) is 0 Å². The summed E-state index contributed by atoms with van der Waals surface area (Å²) >= 11 is 0. The van der Waals surface area contributed by atoms with E-state index >= 15 is 0 Å². The van der Waals surface area contributed by atoms with Crippen molar-refractivity contribution in [1.29, 1.82) is 0 Å². The summed E-state index contributed by atoms with van der Waals surface area (Å²) in [4.78, 5) is 33.9. The van der Waals surface area contributed by atoms with Crippen molar-refractivity contribution in [3.63, 3.8) is 0 Å². The highest BCUT2D eigenvalue weighted by Gasteiger charge is 2.43. The Morgan fingerprint density at radius 3 is 1.96 bits per heavy atom. The highest BCUT2D eigenvalue weighted by molar-refractivity contribution is 5.90. The lowest BCUT2D eigenvalue weighted by molar-refractivity contribution is -0.202. The largest absolute Gasteiger partial charge is 0.513 e. The van der Waals surface area contributed by atoms with Crippen molar-refractivity contribution in [3.8, 4) is 5.75 Å². The maximum absolute atomic E-state index is 12.1. The minimum absolute atomic E-state index is 0.0344. The molecule has 1 atom stereocenters. The lowest BCUT2D eigenvalue weighted by Crippen LogP contribution is -2.41. The lowest BCUT2D eigenvalue weighted by atomic mass is 9.94. The van der Waals surface area contributed by atoms with Gasteiger partial charge in [-0.3, -0.25) is 0 Å². The average Bonchev–Trinajstić information content (AvgIpc) is 2.58. The van der Waals surface area contributed by atoms with E-state index in [1.165, 1.54) is 0 Å². The molecule has 0 heterocycles. The van der Waals surface area contributed by atoms with Gasteiger partial charge in [-0.2, -0.15) is 13.2 Å². The van der Waals surface area contributed by atoms with Gasteiger partial charge in [0.15, 0.2) is 0 Å². The van der Waals surface area contributed by atoms with Gasteiger partial charge in [0.1, 0.15) is 18.4 Å². The van der Waals surface area contributed by atoms with E-state index in [1.54, 1.807) is 12.1 Å². The molecule has 0 saturated heterocycles. The van der Waals surface area contributed by atoms with Crippen LogP contribution in [0.5, 0.6) is 5.75 Å². The molecule has 0 aromatic heterocycles. The smallest absolute Gasteiger partial charge is 0.432 e. The molecule has 0 amide bonds. The van der Waals surface area contributed by atoms with E-state index in [9.17, 15) is 27.6 Å². The summed E-state index contributed by atoms with van der Waals surface area (Å²) < 4.78 is 49.7. The van der Waals surface area contributed by atoms with Gasteiger partial charge in [-0.25, -0.2) is 14.4 Å². The summed E-state index contributed by atoms with van der Waals surface area (Å²) in [6, 6.07) is 3.60. The average molecular weight is 405 g/mol. The third-order valence-corrected chi connectivity index (χ3v) is 3.61. The van der Waals surface area contributed by atoms with Crippen molar-refractivity contribution in [1.82, 2.24) is 0 Å². The SMILES string of the molecule is CC(C)c1cccc(C(C)C)c1OC(=O)OC[C@H](N)C(=O)OC(=O)C(F)(F)F. The topological polar surface area (TPSA) is 105 Å². The number of nitrogens with two attached hydrogens (primary N) is 1. The number of alkyl halides is 3. The molecule has 2 N–H and O–H groups in total. The summed E-state index contributed by atoms with van der Waals surface area (Å²) in [6.45, 7) is 6.79. The van der Waals surface area contributed by atoms with Gasteiger partial charge < -0.3 is 19.9 Å². The van der Waals surface area contributed by atoms with Gasteiger partial charge in [-0.15, -0.1) is 0 Å². The second kappa shape index (κ2) is 9.54. The van der Waals surface area contributed by atoms with Gasteiger partial charge in [-0.05, 0) is 23.0 Å². The Labute approximate surface area is 159 Å². The van der Waals surface area contributed by atoms with E-state index in [0.29, 0.717) is 5.75 Å². The number of benzene rings is 1. The molecule has 0 aliphatic rings. The Bertz CT molecular complexity index is 704. The van der Waals surface area contributed by atoms with Crippen LogP contribution in [0.1, 0.15) is 50.7 Å². The van der Waals surface area contributed by atoms with Gasteiger partial charge in [0, 0.05) is 0 Å². The van der Waals surface area contributed by atoms with E-state index in [4.69, 9.17) is 10.5 Å². The molecule has 0 saturated carbocycles. The quantitative estimate of drug-likeness (QED) is 0.439. The van der Waals surface area contributed by atoms with Crippen molar-refractivity contribution in [2.45, 2.75) is 51.7 Å². The zero-order chi connectivity index (χ0) is 21.6. The van der Waals surface area contributed by atoms with Crippen LogP contribution >= 0.6 is 0 Å². The van der Waals surface area contributed by atoms with Crippen molar-refractivity contribution in [2.75, 3.05) is 6.61 Å². The molecule has 28 heavy (non-hydrogen) atoms. The first kappa shape index (κ1) is 23.4. The van der Waals surface area contributed by atoms with Gasteiger partial charge in [-0.1, -0.05) is 45.9 Å². The van der Waals surface area contributed by atoms with Crippen molar-refractivity contribution in [2.24, 2.45) is 5.73 Å². The van der Waals surface area contributed by atoms with E-state index in [-0.39, 0.29) is 11.8 Å². The first-order valence-electron chi connectivity index (χ1n) is 8.40. The zero-order valence-electron chi connectivity index (χ0n) is 15.8. The molecule has 7 nitrogen and oxygen atoms in total. The first-order chi connectivity index (χ1) is 12.8. The van der Waals surface area contributed by atoms with Crippen molar-refractivity contribution < 1.29 is 41.8 Å². The predicted octanol–water partition coefficient (Wildman–Crippen LogP) is 3.41. The van der Waals surface area contributed by atoms with Crippen LogP contribution in [-0.2, 0) is 19.1 Å². The fraction of sp³-hybridized carbons (Fsp3) is 0.500. The molecule has 0 unspecified atom stereocenters. The van der Waals surface area contributed by atoms with Crippen LogP contribution in [0, 0.1) is 0 Å². The molecule has 0 radical (unpaired) electrons. The third-order valence-electron chi connectivity index (χ3n) is 3.61. The molecule has 1 rings (SSSR count). The van der Waals surface area contributed by atoms with Gasteiger partial charge in [0.2, 0.25) is 0 Å². The summed E-state index contributed by atoms with van der Waals surface area (Å²) in [6.07, 6.45) is -6.54. The predicted molar refractivity (Wildman–Crippen MR) is 91.7 cm³/mol. The minimum atomic E-state index is -5.34. The Hall–Kier alpha value is -2.62. The molecule has 1 aromatic rings. The maximum Gasteiger partial charge on any atom is 0.513 e. The molecule has 0 bridgehead atoms. The number of halogens is 3. The fourth-order valence-electron chi connectivity index (χ4n) is 2.16. The zero-order valence-corrected chi connectivity index (χ0v) is 15.8. The van der Waals surface area contributed by atoms with Crippen LogP contribution in [-0.4, -0.2) is 36.9 Å². The van der Waals surface area contributed by atoms with Gasteiger partial charge >= 0.3 is 24.3 Å².